The van der Waals surface area contributed by atoms with Gasteiger partial charge in [-0.05, 0) is 37.5 Å². The zero-order chi connectivity index (χ0) is 23.3. The Hall–Kier alpha value is -3.94. The molecule has 0 bridgehead atoms. The second kappa shape index (κ2) is 9.68. The van der Waals surface area contributed by atoms with Gasteiger partial charge in [-0.2, -0.15) is 0 Å². The molecule has 1 fully saturated rings. The van der Waals surface area contributed by atoms with Gasteiger partial charge in [-0.15, -0.1) is 0 Å². The highest BCUT2D eigenvalue weighted by Gasteiger charge is 2.42. The van der Waals surface area contributed by atoms with Crippen molar-refractivity contribution in [2.24, 2.45) is 0 Å². The van der Waals surface area contributed by atoms with Gasteiger partial charge < -0.3 is 20.9 Å². The van der Waals surface area contributed by atoms with Crippen LogP contribution in [0, 0.1) is 6.92 Å². The molecule has 1 aromatic heterocycles. The van der Waals surface area contributed by atoms with E-state index < -0.39 is 5.54 Å². The van der Waals surface area contributed by atoms with Gasteiger partial charge in [0.1, 0.15) is 11.4 Å². The van der Waals surface area contributed by atoms with Crippen LogP contribution in [0.1, 0.15) is 36.9 Å². The molecule has 0 spiro atoms. The largest absolute Gasteiger partial charge is 0.334 e. The van der Waals surface area contributed by atoms with Crippen molar-refractivity contribution in [3.63, 3.8) is 0 Å². The molecule has 4 rings (SSSR count). The second-order valence-electron chi connectivity index (χ2n) is 8.35. The lowest BCUT2D eigenvalue weighted by Crippen LogP contribution is -2.57. The third-order valence-electron chi connectivity index (χ3n) is 5.80. The third-order valence-corrected chi connectivity index (χ3v) is 5.80. The topological polar surface area (TPSA) is 116 Å². The number of H-pyrrole nitrogens is 1. The Morgan fingerprint density at radius 1 is 1.03 bits per heavy atom. The van der Waals surface area contributed by atoms with Crippen LogP contribution in [0.5, 0.6) is 0 Å². The summed E-state index contributed by atoms with van der Waals surface area (Å²) in [6.45, 7) is 2.14. The molecule has 0 radical (unpaired) electrons. The molecule has 1 saturated carbocycles. The fraction of sp³-hybridized carbons (Fsp3) is 0.280. The fourth-order valence-electron chi connectivity index (χ4n) is 4.14. The number of aromatic nitrogens is 2. The number of carbonyl (C=O) groups excluding carboxylic acids is 2. The van der Waals surface area contributed by atoms with E-state index in [2.05, 4.69) is 25.9 Å². The molecule has 1 aliphatic rings. The van der Waals surface area contributed by atoms with E-state index in [9.17, 15) is 14.4 Å². The molecule has 170 valence electrons. The number of urea groups is 1. The maximum Gasteiger partial charge on any atom is 0.315 e. The maximum atomic E-state index is 13.3. The summed E-state index contributed by atoms with van der Waals surface area (Å²) in [5.74, 6) is 0.183. The lowest BCUT2D eigenvalue weighted by molar-refractivity contribution is -0.121. The molecule has 4 N–H and O–H groups in total. The molecule has 0 aliphatic heterocycles. The van der Waals surface area contributed by atoms with Gasteiger partial charge in [0, 0.05) is 29.6 Å². The van der Waals surface area contributed by atoms with Crippen molar-refractivity contribution < 1.29 is 9.59 Å². The number of benzene rings is 2. The number of hydrogen-bond acceptors (Lipinski definition) is 4. The van der Waals surface area contributed by atoms with Crippen molar-refractivity contribution in [1.82, 2.24) is 20.6 Å². The Morgan fingerprint density at radius 3 is 2.52 bits per heavy atom. The molecule has 0 atom stereocenters. The van der Waals surface area contributed by atoms with E-state index >= 15 is 0 Å². The van der Waals surface area contributed by atoms with Crippen LogP contribution in [-0.4, -0.2) is 27.4 Å². The van der Waals surface area contributed by atoms with E-state index in [0.717, 1.165) is 18.4 Å². The number of carbonyl (C=O) groups is 2. The molecule has 3 aromatic rings. The monoisotopic (exact) mass is 445 g/mol. The van der Waals surface area contributed by atoms with Gasteiger partial charge in [0.2, 0.25) is 5.91 Å². The second-order valence-corrected chi connectivity index (χ2v) is 8.35. The Morgan fingerprint density at radius 2 is 1.79 bits per heavy atom. The summed E-state index contributed by atoms with van der Waals surface area (Å²) >= 11 is 0. The molecule has 8 nitrogen and oxygen atoms in total. The Labute approximate surface area is 191 Å². The van der Waals surface area contributed by atoms with Crippen molar-refractivity contribution in [3.8, 4) is 11.4 Å². The molecule has 2 aromatic carbocycles. The number of aryl methyl sites for hydroxylation is 1. The van der Waals surface area contributed by atoms with Crippen LogP contribution >= 0.6 is 0 Å². The van der Waals surface area contributed by atoms with Gasteiger partial charge in [-0.25, -0.2) is 9.78 Å². The Balaban J connectivity index is 1.46. The van der Waals surface area contributed by atoms with Crippen LogP contribution < -0.4 is 21.5 Å². The van der Waals surface area contributed by atoms with E-state index in [0.29, 0.717) is 42.2 Å². The molecule has 0 saturated heterocycles. The molecule has 8 heteroatoms. The van der Waals surface area contributed by atoms with Crippen LogP contribution in [0.15, 0.2) is 65.5 Å². The van der Waals surface area contributed by atoms with Crippen molar-refractivity contribution in [3.05, 3.63) is 82.3 Å². The zero-order valence-corrected chi connectivity index (χ0v) is 18.5. The highest BCUT2D eigenvalue weighted by molar-refractivity contribution is 6.01. The number of nitrogens with one attached hydrogen (secondary N) is 4. The van der Waals surface area contributed by atoms with Crippen LogP contribution in [0.25, 0.3) is 11.4 Å². The van der Waals surface area contributed by atoms with Gasteiger partial charge >= 0.3 is 6.03 Å². The molecule has 1 aliphatic carbocycles. The number of aromatic amines is 1. The summed E-state index contributed by atoms with van der Waals surface area (Å²) in [4.78, 5) is 44.8. The minimum absolute atomic E-state index is 0.234. The van der Waals surface area contributed by atoms with Crippen molar-refractivity contribution in [2.45, 2.75) is 44.7 Å². The van der Waals surface area contributed by atoms with Crippen LogP contribution in [0.2, 0.25) is 0 Å². The first-order chi connectivity index (χ1) is 15.9. The highest BCUT2D eigenvalue weighted by atomic mass is 16.2. The van der Waals surface area contributed by atoms with Gasteiger partial charge in [0.15, 0.2) is 0 Å². The lowest BCUT2D eigenvalue weighted by atomic mass is 9.96. The van der Waals surface area contributed by atoms with E-state index in [1.807, 2.05) is 36.4 Å². The van der Waals surface area contributed by atoms with Gasteiger partial charge in [-0.1, -0.05) is 55.3 Å². The summed E-state index contributed by atoms with van der Waals surface area (Å²) in [5, 5.41) is 8.70. The smallest absolute Gasteiger partial charge is 0.315 e. The van der Waals surface area contributed by atoms with Crippen LogP contribution in [0.3, 0.4) is 0 Å². The van der Waals surface area contributed by atoms with Crippen LogP contribution in [-0.2, 0) is 11.3 Å². The van der Waals surface area contributed by atoms with Crippen molar-refractivity contribution in [2.75, 3.05) is 5.32 Å². The average Bonchev–Trinajstić information content (AvgIpc) is 3.28. The quantitative estimate of drug-likeness (QED) is 0.465. The summed E-state index contributed by atoms with van der Waals surface area (Å²) in [6, 6.07) is 17.8. The van der Waals surface area contributed by atoms with Crippen LogP contribution in [0.4, 0.5) is 10.5 Å². The maximum absolute atomic E-state index is 13.3. The predicted molar refractivity (Wildman–Crippen MR) is 127 cm³/mol. The number of anilines is 1. The zero-order valence-electron chi connectivity index (χ0n) is 18.5. The first-order valence-electron chi connectivity index (χ1n) is 11.0. The van der Waals surface area contributed by atoms with Crippen molar-refractivity contribution in [1.29, 1.82) is 0 Å². The minimum atomic E-state index is -0.966. The molecule has 0 unspecified atom stereocenters. The highest BCUT2D eigenvalue weighted by Crippen LogP contribution is 2.31. The number of amides is 3. The fourth-order valence-corrected chi connectivity index (χ4v) is 4.14. The molecule has 3 amide bonds. The molecule has 1 heterocycles. The van der Waals surface area contributed by atoms with E-state index in [4.69, 9.17) is 0 Å². The number of rotatable bonds is 6. The third kappa shape index (κ3) is 5.46. The Kier molecular flexibility index (Phi) is 6.53. The standard InChI is InChI=1S/C25H27N5O3/c1-17-14-21(31)29-22(27-17)19-10-7-11-20(15-19)28-23(32)25(12-5-6-13-25)30-24(33)26-16-18-8-3-2-4-9-18/h2-4,7-11,14-15H,5-6,12-13,16H2,1H3,(H,28,32)(H2,26,30,33)(H,27,29,31). The van der Waals surface area contributed by atoms with Gasteiger partial charge in [-0.3, -0.25) is 9.59 Å². The molecular formula is C25H27N5O3. The van der Waals surface area contributed by atoms with Crippen molar-refractivity contribution >= 4 is 17.6 Å². The number of nitrogens with zero attached hydrogens (tertiary/aromatic N) is 1. The SMILES string of the molecule is Cc1cc(=O)[nH]c(-c2cccc(NC(=O)C3(NC(=O)NCc4ccccc4)CCCC3)c2)n1. The number of hydrogen-bond donors (Lipinski definition) is 4. The Bertz CT molecular complexity index is 1200. The first-order valence-corrected chi connectivity index (χ1v) is 11.0. The normalized spacial score (nSPS) is 14.5. The predicted octanol–water partition coefficient (Wildman–Crippen LogP) is 3.50. The first kappa shape index (κ1) is 22.3. The van der Waals surface area contributed by atoms with E-state index in [1.165, 1.54) is 6.07 Å². The summed E-state index contributed by atoms with van der Waals surface area (Å²) in [6.07, 6.45) is 2.87. The lowest BCUT2D eigenvalue weighted by Gasteiger charge is -2.29. The van der Waals surface area contributed by atoms with Gasteiger partial charge in [0.05, 0.1) is 0 Å². The summed E-state index contributed by atoms with van der Waals surface area (Å²) < 4.78 is 0. The van der Waals surface area contributed by atoms with E-state index in [1.54, 1.807) is 25.1 Å². The molecular weight excluding hydrogens is 418 g/mol. The molecule has 33 heavy (non-hydrogen) atoms. The summed E-state index contributed by atoms with van der Waals surface area (Å²) in [7, 11) is 0. The minimum Gasteiger partial charge on any atom is -0.334 e. The van der Waals surface area contributed by atoms with E-state index in [-0.39, 0.29) is 17.5 Å². The van der Waals surface area contributed by atoms with Gasteiger partial charge in [0.25, 0.3) is 5.56 Å². The average molecular weight is 446 g/mol. The summed E-state index contributed by atoms with van der Waals surface area (Å²) in [5.41, 5.74) is 1.65.